The first kappa shape index (κ1) is 16.2. The number of carbonyl (C=O) groups excluding carboxylic acids is 1. The first-order valence-corrected chi connectivity index (χ1v) is 9.03. The third kappa shape index (κ3) is 2.51. The number of ether oxygens (including phenoxy) is 2. The summed E-state index contributed by atoms with van der Waals surface area (Å²) in [7, 11) is 0. The van der Waals surface area contributed by atoms with Crippen molar-refractivity contribution in [2.24, 2.45) is 0 Å². The second kappa shape index (κ2) is 6.23. The number of hydrogen-bond acceptors (Lipinski definition) is 5. The van der Waals surface area contributed by atoms with Crippen LogP contribution in [-0.2, 0) is 24.8 Å². The molecule has 3 aliphatic heterocycles. The van der Waals surface area contributed by atoms with Crippen LogP contribution in [-0.4, -0.2) is 35.9 Å². The topological polar surface area (TPSA) is 51.1 Å². The van der Waals surface area contributed by atoms with E-state index in [9.17, 15) is 4.79 Å². The zero-order valence-corrected chi connectivity index (χ0v) is 14.2. The van der Waals surface area contributed by atoms with E-state index in [-0.39, 0.29) is 6.29 Å². The highest BCUT2D eigenvalue weighted by Gasteiger charge is 2.72. The fourth-order valence-corrected chi connectivity index (χ4v) is 4.21. The Morgan fingerprint density at radius 1 is 1.21 bits per heavy atom. The maximum atomic E-state index is 13.0. The Morgan fingerprint density at radius 3 is 2.62 bits per heavy atom. The number of fused-ring (bicyclic) bond motifs is 1. The third-order valence-electron chi connectivity index (χ3n) is 5.51. The van der Waals surface area contributed by atoms with Crippen LogP contribution in [0.1, 0.15) is 51.0 Å². The Labute approximate surface area is 142 Å². The fourth-order valence-electron chi connectivity index (χ4n) is 4.21. The van der Waals surface area contributed by atoms with Gasteiger partial charge in [0, 0.05) is 24.8 Å². The molecule has 5 heteroatoms. The Kier molecular flexibility index (Phi) is 4.21. The van der Waals surface area contributed by atoms with E-state index in [4.69, 9.17) is 14.3 Å². The molecule has 0 spiro atoms. The van der Waals surface area contributed by atoms with Gasteiger partial charge in [-0.25, -0.2) is 0 Å². The minimum absolute atomic E-state index is 0.178. The highest BCUT2D eigenvalue weighted by atomic mass is 16.9. The van der Waals surface area contributed by atoms with Crippen LogP contribution in [0.15, 0.2) is 30.3 Å². The largest absolute Gasteiger partial charge is 0.350 e. The Bertz CT molecular complexity index is 601. The molecule has 3 saturated heterocycles. The average Bonchev–Trinajstić information content (AvgIpc) is 2.99. The number of ketones is 1. The van der Waals surface area contributed by atoms with Crippen LogP contribution >= 0.6 is 0 Å². The number of rotatable bonds is 7. The summed E-state index contributed by atoms with van der Waals surface area (Å²) in [6.45, 7) is 3.35. The van der Waals surface area contributed by atoms with Crippen molar-refractivity contribution in [3.8, 4) is 0 Å². The SMILES string of the molecule is CCCC(=O)[C@]1(CCC2OCCO2)CC[C@@]2(c3ccccc3)ON12. The molecule has 1 unspecified atom stereocenters. The summed E-state index contributed by atoms with van der Waals surface area (Å²) in [5.74, 6) is 0.290. The molecule has 1 aromatic carbocycles. The molecule has 0 radical (unpaired) electrons. The quantitative estimate of drug-likeness (QED) is 0.719. The van der Waals surface area contributed by atoms with Gasteiger partial charge < -0.3 is 9.47 Å². The lowest BCUT2D eigenvalue weighted by Crippen LogP contribution is -2.44. The Hall–Kier alpha value is -1.27. The summed E-state index contributed by atoms with van der Waals surface area (Å²) < 4.78 is 11.1. The Morgan fingerprint density at radius 2 is 1.96 bits per heavy atom. The summed E-state index contributed by atoms with van der Waals surface area (Å²) in [5, 5.41) is 1.97. The van der Waals surface area contributed by atoms with Gasteiger partial charge in [-0.15, -0.1) is 5.06 Å². The van der Waals surface area contributed by atoms with E-state index >= 15 is 0 Å². The van der Waals surface area contributed by atoms with E-state index in [1.165, 1.54) is 0 Å². The van der Waals surface area contributed by atoms with Gasteiger partial charge >= 0.3 is 0 Å². The van der Waals surface area contributed by atoms with Crippen molar-refractivity contribution in [3.63, 3.8) is 0 Å². The van der Waals surface area contributed by atoms with E-state index in [2.05, 4.69) is 19.1 Å². The molecule has 0 aromatic heterocycles. The fraction of sp³-hybridized carbons (Fsp3) is 0.632. The number of Topliss-reactive ketones (excluding diaryl/α,β-unsaturated/α-hetero) is 1. The lowest BCUT2D eigenvalue weighted by atomic mass is 9.84. The third-order valence-corrected chi connectivity index (χ3v) is 5.51. The molecule has 0 bridgehead atoms. The minimum Gasteiger partial charge on any atom is -0.350 e. The molecule has 0 amide bonds. The average molecular weight is 331 g/mol. The van der Waals surface area contributed by atoms with Crippen molar-refractivity contribution < 1.29 is 19.1 Å². The van der Waals surface area contributed by atoms with E-state index in [1.54, 1.807) is 0 Å². The van der Waals surface area contributed by atoms with Crippen LogP contribution in [0.5, 0.6) is 0 Å². The molecule has 4 rings (SSSR count). The Balaban J connectivity index is 1.55. The molecule has 130 valence electrons. The van der Waals surface area contributed by atoms with E-state index in [1.807, 2.05) is 23.3 Å². The lowest BCUT2D eigenvalue weighted by Gasteiger charge is -2.29. The highest BCUT2D eigenvalue weighted by Crippen LogP contribution is 2.62. The number of nitrogens with zero attached hydrogens (tertiary/aromatic N) is 1. The van der Waals surface area contributed by atoms with Crippen LogP contribution in [0.4, 0.5) is 0 Å². The number of hydroxylamine groups is 2. The maximum Gasteiger partial charge on any atom is 0.191 e. The number of carbonyl (C=O) groups is 1. The first-order valence-electron chi connectivity index (χ1n) is 9.03. The second-order valence-corrected chi connectivity index (χ2v) is 6.95. The number of hydrogen-bond donors (Lipinski definition) is 0. The van der Waals surface area contributed by atoms with Crippen molar-refractivity contribution in [1.29, 1.82) is 0 Å². The first-order chi connectivity index (χ1) is 11.7. The maximum absolute atomic E-state index is 13.0. The van der Waals surface area contributed by atoms with Crippen molar-refractivity contribution in [1.82, 2.24) is 5.06 Å². The van der Waals surface area contributed by atoms with Crippen molar-refractivity contribution in [2.45, 2.75) is 63.0 Å². The molecule has 3 heterocycles. The molecule has 0 saturated carbocycles. The zero-order chi connectivity index (χ0) is 16.6. The van der Waals surface area contributed by atoms with Gasteiger partial charge in [0.15, 0.2) is 17.8 Å². The molecule has 5 nitrogen and oxygen atoms in total. The molecule has 0 aliphatic carbocycles. The molecule has 3 atom stereocenters. The van der Waals surface area contributed by atoms with Crippen molar-refractivity contribution >= 4 is 5.78 Å². The molecule has 3 fully saturated rings. The molecule has 3 aliphatic rings. The lowest BCUT2D eigenvalue weighted by molar-refractivity contribution is -0.134. The van der Waals surface area contributed by atoms with Gasteiger partial charge in [0.1, 0.15) is 5.54 Å². The summed E-state index contributed by atoms with van der Waals surface area (Å²) >= 11 is 0. The monoisotopic (exact) mass is 331 g/mol. The second-order valence-electron chi connectivity index (χ2n) is 6.95. The molecular weight excluding hydrogens is 306 g/mol. The smallest absolute Gasteiger partial charge is 0.191 e. The predicted octanol–water partition coefficient (Wildman–Crippen LogP) is 3.14. The van der Waals surface area contributed by atoms with Crippen LogP contribution in [0.2, 0.25) is 0 Å². The van der Waals surface area contributed by atoms with Crippen LogP contribution < -0.4 is 0 Å². The predicted molar refractivity (Wildman–Crippen MR) is 87.9 cm³/mol. The number of benzene rings is 1. The molecule has 24 heavy (non-hydrogen) atoms. The molecular formula is C19H25NO4. The van der Waals surface area contributed by atoms with E-state index < -0.39 is 11.3 Å². The van der Waals surface area contributed by atoms with Crippen LogP contribution in [0, 0.1) is 0 Å². The minimum atomic E-state index is -0.527. The molecule has 0 N–H and O–H groups in total. The van der Waals surface area contributed by atoms with Gasteiger partial charge in [-0.05, 0) is 19.3 Å². The van der Waals surface area contributed by atoms with E-state index in [0.29, 0.717) is 25.4 Å². The van der Waals surface area contributed by atoms with Gasteiger partial charge in [0.05, 0.1) is 13.2 Å². The summed E-state index contributed by atoms with van der Waals surface area (Å²) in [4.78, 5) is 19.0. The van der Waals surface area contributed by atoms with Crippen LogP contribution in [0.3, 0.4) is 0 Å². The van der Waals surface area contributed by atoms with Crippen molar-refractivity contribution in [2.75, 3.05) is 13.2 Å². The highest BCUT2D eigenvalue weighted by molar-refractivity contribution is 5.89. The zero-order valence-electron chi connectivity index (χ0n) is 14.2. The standard InChI is InChI=1S/C19H25NO4/c1-2-6-16(21)18(10-9-17-22-13-14-23-17)11-12-19(20(18)24-19)15-7-4-3-5-8-15/h3-5,7-8,17H,2,6,9-14H2,1H3/t18-,19-,20?/m0/s1. The van der Waals surface area contributed by atoms with E-state index in [0.717, 1.165) is 37.7 Å². The van der Waals surface area contributed by atoms with Crippen molar-refractivity contribution in [3.05, 3.63) is 35.9 Å². The van der Waals surface area contributed by atoms with Gasteiger partial charge in [-0.3, -0.25) is 9.63 Å². The van der Waals surface area contributed by atoms with Gasteiger partial charge in [-0.2, -0.15) is 0 Å². The van der Waals surface area contributed by atoms with Gasteiger partial charge in [0.2, 0.25) is 0 Å². The summed E-state index contributed by atoms with van der Waals surface area (Å²) in [6, 6.07) is 10.2. The normalized spacial score (nSPS) is 35.1. The summed E-state index contributed by atoms with van der Waals surface area (Å²) in [5.41, 5.74) is 0.216. The molecule has 1 aromatic rings. The summed E-state index contributed by atoms with van der Waals surface area (Å²) in [6.07, 6.45) is 4.45. The van der Waals surface area contributed by atoms with Crippen LogP contribution in [0.25, 0.3) is 0 Å². The van der Waals surface area contributed by atoms with Gasteiger partial charge in [-0.1, -0.05) is 37.3 Å². The van der Waals surface area contributed by atoms with Gasteiger partial charge in [0.25, 0.3) is 0 Å².